The van der Waals surface area contributed by atoms with Crippen molar-refractivity contribution in [2.24, 2.45) is 5.92 Å². The summed E-state index contributed by atoms with van der Waals surface area (Å²) < 4.78 is 10.8. The average Bonchev–Trinajstić information content (AvgIpc) is 3.03. The van der Waals surface area contributed by atoms with Gasteiger partial charge in [0.25, 0.3) is 0 Å². The van der Waals surface area contributed by atoms with Gasteiger partial charge in [0.05, 0.1) is 6.54 Å². The van der Waals surface area contributed by atoms with Crippen LogP contribution in [0.1, 0.15) is 6.42 Å². The predicted molar refractivity (Wildman–Crippen MR) is 58.2 cm³/mol. The summed E-state index contributed by atoms with van der Waals surface area (Å²) in [5.74, 6) is 2.80. The number of ether oxygens (including phenoxy) is 2. The molecular weight excluding hydrogens is 204 g/mol. The number of allylic oxidation sites excluding steroid dienone is 1. The Bertz CT molecular complexity index is 377. The molecule has 0 aromatic rings. The fourth-order valence-electron chi connectivity index (χ4n) is 3.32. The molecule has 0 N–H and O–H groups in total. The zero-order valence-electron chi connectivity index (χ0n) is 9.26. The van der Waals surface area contributed by atoms with Crippen LogP contribution in [0.4, 0.5) is 0 Å². The van der Waals surface area contributed by atoms with Crippen molar-refractivity contribution < 1.29 is 9.47 Å². The Morgan fingerprint density at radius 2 is 2.25 bits per heavy atom. The molecule has 86 valence electrons. The van der Waals surface area contributed by atoms with Crippen molar-refractivity contribution in [3.8, 4) is 0 Å². The molecule has 4 heterocycles. The van der Waals surface area contributed by atoms with Crippen LogP contribution in [0.2, 0.25) is 0 Å². The zero-order valence-corrected chi connectivity index (χ0v) is 9.26. The van der Waals surface area contributed by atoms with Crippen molar-refractivity contribution in [3.63, 3.8) is 0 Å². The first-order valence-corrected chi connectivity index (χ1v) is 6.05. The molecule has 0 aromatic carbocycles. The van der Waals surface area contributed by atoms with Crippen LogP contribution >= 0.6 is 0 Å². The Balaban J connectivity index is 1.52. The molecule has 0 aromatic heterocycles. The maximum Gasteiger partial charge on any atom is 0.230 e. The van der Waals surface area contributed by atoms with E-state index in [1.54, 1.807) is 0 Å². The first kappa shape index (κ1) is 8.93. The summed E-state index contributed by atoms with van der Waals surface area (Å²) in [6.07, 6.45) is 5.59. The van der Waals surface area contributed by atoms with E-state index >= 15 is 0 Å². The normalized spacial score (nSPS) is 40.0. The van der Waals surface area contributed by atoms with Crippen molar-refractivity contribution in [1.29, 1.82) is 0 Å². The molecule has 4 aliphatic rings. The molecule has 0 saturated carbocycles. The minimum Gasteiger partial charge on any atom is -0.456 e. The van der Waals surface area contributed by atoms with Gasteiger partial charge < -0.3 is 19.3 Å². The summed E-state index contributed by atoms with van der Waals surface area (Å²) in [6, 6.07) is 0.684. The smallest absolute Gasteiger partial charge is 0.230 e. The van der Waals surface area contributed by atoms with E-state index in [0.29, 0.717) is 12.8 Å². The average molecular weight is 220 g/mol. The van der Waals surface area contributed by atoms with Gasteiger partial charge in [-0.3, -0.25) is 0 Å². The molecule has 2 bridgehead atoms. The van der Waals surface area contributed by atoms with Crippen molar-refractivity contribution in [2.75, 3.05) is 33.0 Å². The van der Waals surface area contributed by atoms with Gasteiger partial charge in [-0.05, 0) is 25.0 Å². The van der Waals surface area contributed by atoms with E-state index in [1.165, 1.54) is 26.1 Å². The van der Waals surface area contributed by atoms with Gasteiger partial charge in [0, 0.05) is 25.3 Å². The summed E-state index contributed by atoms with van der Waals surface area (Å²) in [7, 11) is 0. The molecule has 0 spiro atoms. The minimum absolute atomic E-state index is 0.392. The fourth-order valence-corrected chi connectivity index (χ4v) is 3.32. The largest absolute Gasteiger partial charge is 0.456 e. The standard InChI is InChI=1S/C12H16N2O2/c1-3-13-5-9(1)10(6-13)14-4-2-11-12(7-14)16-8-15-11/h2,4,9-10H,1,3,5-8H2/t9-,10-/m0/s1. The van der Waals surface area contributed by atoms with Gasteiger partial charge in [-0.25, -0.2) is 0 Å². The third kappa shape index (κ3) is 1.19. The van der Waals surface area contributed by atoms with Crippen molar-refractivity contribution >= 4 is 0 Å². The number of fused-ring (bicyclic) bond motifs is 2. The molecule has 0 radical (unpaired) electrons. The Hall–Kier alpha value is -1.16. The maximum absolute atomic E-state index is 5.48. The van der Waals surface area contributed by atoms with Crippen LogP contribution in [0.5, 0.6) is 0 Å². The molecule has 4 rings (SSSR count). The molecule has 3 atom stereocenters. The molecule has 0 aliphatic carbocycles. The van der Waals surface area contributed by atoms with Gasteiger partial charge in [-0.2, -0.15) is 0 Å². The molecule has 0 amide bonds. The minimum atomic E-state index is 0.392. The van der Waals surface area contributed by atoms with Crippen molar-refractivity contribution in [3.05, 3.63) is 23.8 Å². The summed E-state index contributed by atoms with van der Waals surface area (Å²) >= 11 is 0. The SMILES string of the molecule is C1=CN([C@H]2CN3CC[C@H]2C3)CC2=C1OCO2. The first-order valence-electron chi connectivity index (χ1n) is 6.05. The van der Waals surface area contributed by atoms with Crippen LogP contribution < -0.4 is 0 Å². The number of rotatable bonds is 1. The van der Waals surface area contributed by atoms with Crippen LogP contribution in [0.25, 0.3) is 0 Å². The van der Waals surface area contributed by atoms with Crippen LogP contribution in [0.3, 0.4) is 0 Å². The van der Waals surface area contributed by atoms with Crippen LogP contribution in [-0.2, 0) is 9.47 Å². The zero-order chi connectivity index (χ0) is 10.5. The van der Waals surface area contributed by atoms with Gasteiger partial charge >= 0.3 is 0 Å². The van der Waals surface area contributed by atoms with E-state index in [2.05, 4.69) is 16.0 Å². The van der Waals surface area contributed by atoms with E-state index in [1.807, 2.05) is 6.08 Å². The Kier molecular flexibility index (Phi) is 1.77. The van der Waals surface area contributed by atoms with Gasteiger partial charge in [0.1, 0.15) is 0 Å². The molecule has 2 fully saturated rings. The summed E-state index contributed by atoms with van der Waals surface area (Å²) in [5.41, 5.74) is 0. The second-order valence-corrected chi connectivity index (χ2v) is 5.06. The van der Waals surface area contributed by atoms with E-state index in [0.717, 1.165) is 24.0 Å². The number of hydrogen-bond acceptors (Lipinski definition) is 4. The van der Waals surface area contributed by atoms with E-state index in [4.69, 9.17) is 9.47 Å². The third-order valence-corrected chi connectivity index (χ3v) is 4.19. The Morgan fingerprint density at radius 3 is 3.06 bits per heavy atom. The topological polar surface area (TPSA) is 24.9 Å². The molecular formula is C12H16N2O2. The van der Waals surface area contributed by atoms with Crippen LogP contribution in [0, 0.1) is 5.92 Å². The van der Waals surface area contributed by atoms with E-state index < -0.39 is 0 Å². The van der Waals surface area contributed by atoms with Gasteiger partial charge in [-0.15, -0.1) is 0 Å². The summed E-state index contributed by atoms with van der Waals surface area (Å²) in [5, 5.41) is 0. The Morgan fingerprint density at radius 1 is 1.25 bits per heavy atom. The molecule has 2 saturated heterocycles. The Labute approximate surface area is 95.1 Å². The number of piperidine rings is 1. The second kappa shape index (κ2) is 3.17. The van der Waals surface area contributed by atoms with Gasteiger partial charge in [0.15, 0.2) is 11.5 Å². The fraction of sp³-hybridized carbons (Fsp3) is 0.667. The van der Waals surface area contributed by atoms with Gasteiger partial charge in [-0.1, -0.05) is 0 Å². The second-order valence-electron chi connectivity index (χ2n) is 5.06. The summed E-state index contributed by atoms with van der Waals surface area (Å²) in [6.45, 7) is 5.09. The monoisotopic (exact) mass is 220 g/mol. The highest BCUT2D eigenvalue weighted by Crippen LogP contribution is 2.34. The number of nitrogens with zero attached hydrogens (tertiary/aromatic N) is 2. The maximum atomic E-state index is 5.48. The molecule has 16 heavy (non-hydrogen) atoms. The lowest BCUT2D eigenvalue weighted by molar-refractivity contribution is 0.0688. The van der Waals surface area contributed by atoms with Crippen LogP contribution in [-0.4, -0.2) is 48.8 Å². The van der Waals surface area contributed by atoms with E-state index in [9.17, 15) is 0 Å². The molecule has 1 unspecified atom stereocenters. The van der Waals surface area contributed by atoms with Crippen LogP contribution in [0.15, 0.2) is 23.8 Å². The third-order valence-electron chi connectivity index (χ3n) is 4.19. The lowest BCUT2D eigenvalue weighted by Gasteiger charge is -2.34. The highest BCUT2D eigenvalue weighted by Gasteiger charge is 2.41. The quantitative estimate of drug-likeness (QED) is 0.650. The molecule has 4 heteroatoms. The van der Waals surface area contributed by atoms with Crippen molar-refractivity contribution in [1.82, 2.24) is 9.80 Å². The highest BCUT2D eigenvalue weighted by atomic mass is 16.7. The van der Waals surface area contributed by atoms with E-state index in [-0.39, 0.29) is 0 Å². The lowest BCUT2D eigenvalue weighted by atomic mass is 9.98. The molecule has 4 aliphatic heterocycles. The lowest BCUT2D eigenvalue weighted by Crippen LogP contribution is -2.42. The van der Waals surface area contributed by atoms with Gasteiger partial charge in [0.2, 0.25) is 6.79 Å². The summed E-state index contributed by atoms with van der Waals surface area (Å²) in [4.78, 5) is 5.00. The predicted octanol–water partition coefficient (Wildman–Crippen LogP) is 0.736. The number of hydrogen-bond donors (Lipinski definition) is 0. The molecule has 4 nitrogen and oxygen atoms in total. The first-order chi connectivity index (χ1) is 7.90. The van der Waals surface area contributed by atoms with Crippen molar-refractivity contribution in [2.45, 2.75) is 12.5 Å². The highest BCUT2D eigenvalue weighted by molar-refractivity contribution is 5.24.